The third-order valence-corrected chi connectivity index (χ3v) is 6.65. The minimum Gasteiger partial charge on any atom is -0.345 e. The third kappa shape index (κ3) is 4.34. The van der Waals surface area contributed by atoms with Gasteiger partial charge in [-0.3, -0.25) is 4.79 Å². The lowest BCUT2D eigenvalue weighted by Gasteiger charge is -2.31. The van der Waals surface area contributed by atoms with Crippen LogP contribution in [0.5, 0.6) is 0 Å². The van der Waals surface area contributed by atoms with E-state index in [1.165, 1.54) is 28.6 Å². The molecule has 0 unspecified atom stereocenters. The third-order valence-electron chi connectivity index (χ3n) is 4.58. The van der Waals surface area contributed by atoms with Gasteiger partial charge in [-0.25, -0.2) is 8.42 Å². The van der Waals surface area contributed by atoms with E-state index in [1.54, 1.807) is 13.8 Å². The Morgan fingerprint density at radius 3 is 1.96 bits per heavy atom. The van der Waals surface area contributed by atoms with Crippen molar-refractivity contribution in [1.82, 2.24) is 9.62 Å². The molecule has 0 atom stereocenters. The number of nitrogens with one attached hydrogen (secondary N) is 1. The molecule has 6 nitrogen and oxygen atoms in total. The van der Waals surface area contributed by atoms with E-state index in [9.17, 15) is 13.2 Å². The predicted molar refractivity (Wildman–Crippen MR) is 96.4 cm³/mol. The summed E-state index contributed by atoms with van der Waals surface area (Å²) in [4.78, 5) is 12.6. The van der Waals surface area contributed by atoms with Crippen molar-refractivity contribution >= 4 is 15.9 Å². The lowest BCUT2D eigenvalue weighted by atomic mass is 9.92. The molecule has 0 saturated heterocycles. The van der Waals surface area contributed by atoms with Crippen molar-refractivity contribution in [1.29, 1.82) is 0 Å². The first-order chi connectivity index (χ1) is 11.3. The number of nitrogens with zero attached hydrogens (tertiary/aromatic N) is 1. The summed E-state index contributed by atoms with van der Waals surface area (Å²) < 4.78 is 26.3. The van der Waals surface area contributed by atoms with Crippen molar-refractivity contribution in [2.75, 3.05) is 19.6 Å². The molecule has 0 aliphatic heterocycles. The fourth-order valence-electron chi connectivity index (χ4n) is 2.57. The first kappa shape index (κ1) is 20.6. The largest absolute Gasteiger partial charge is 0.345 e. The van der Waals surface area contributed by atoms with Gasteiger partial charge in [-0.2, -0.15) is 4.31 Å². The summed E-state index contributed by atoms with van der Waals surface area (Å²) in [5.74, 6) is -0.240. The Morgan fingerprint density at radius 1 is 1.08 bits per heavy atom. The summed E-state index contributed by atoms with van der Waals surface area (Å²) in [5.41, 5.74) is 5.80. The summed E-state index contributed by atoms with van der Waals surface area (Å²) in [6.07, 6.45) is 1.47. The molecule has 0 aliphatic rings. The van der Waals surface area contributed by atoms with Gasteiger partial charge in [-0.1, -0.05) is 27.7 Å². The number of carbonyl (C=O) groups is 1. The molecule has 7 heteroatoms. The van der Waals surface area contributed by atoms with E-state index in [0.29, 0.717) is 25.2 Å². The number of carbonyl (C=O) groups excluding carboxylic acids is 1. The lowest BCUT2D eigenvalue weighted by molar-refractivity contribution is 0.0895. The van der Waals surface area contributed by atoms with Crippen LogP contribution in [-0.2, 0) is 10.0 Å². The van der Waals surface area contributed by atoms with Crippen molar-refractivity contribution < 1.29 is 13.2 Å². The molecule has 3 N–H and O–H groups in total. The Hall–Kier alpha value is -1.44. The fourth-order valence-corrected chi connectivity index (χ4v) is 4.03. The molecule has 0 aromatic heterocycles. The van der Waals surface area contributed by atoms with Gasteiger partial charge in [0, 0.05) is 25.2 Å². The van der Waals surface area contributed by atoms with Crippen LogP contribution in [-0.4, -0.2) is 43.8 Å². The maximum atomic E-state index is 12.5. The van der Waals surface area contributed by atoms with Gasteiger partial charge in [0.15, 0.2) is 0 Å². The van der Waals surface area contributed by atoms with E-state index in [0.717, 1.165) is 12.8 Å². The highest BCUT2D eigenvalue weighted by Crippen LogP contribution is 2.18. The zero-order valence-electron chi connectivity index (χ0n) is 15.0. The van der Waals surface area contributed by atoms with Crippen LogP contribution in [0.4, 0.5) is 0 Å². The smallest absolute Gasteiger partial charge is 0.251 e. The minimum atomic E-state index is -3.51. The monoisotopic (exact) mass is 355 g/mol. The first-order valence-corrected chi connectivity index (χ1v) is 9.87. The molecule has 0 bridgehead atoms. The second-order valence-electron chi connectivity index (χ2n) is 5.76. The predicted octanol–water partition coefficient (Wildman–Crippen LogP) is 1.96. The van der Waals surface area contributed by atoms with Crippen molar-refractivity contribution in [3.63, 3.8) is 0 Å². The Morgan fingerprint density at radius 2 is 1.58 bits per heavy atom. The van der Waals surface area contributed by atoms with Crippen LogP contribution < -0.4 is 11.1 Å². The highest BCUT2D eigenvalue weighted by atomic mass is 32.2. The van der Waals surface area contributed by atoms with Gasteiger partial charge in [0.05, 0.1) is 10.4 Å². The van der Waals surface area contributed by atoms with Crippen LogP contribution in [0.3, 0.4) is 0 Å². The summed E-state index contributed by atoms with van der Waals surface area (Å²) in [7, 11) is -3.51. The maximum absolute atomic E-state index is 12.5. The molecular weight excluding hydrogens is 326 g/mol. The standard InChI is InChI=1S/C17H29N3O3S/c1-5-17(6-2,13-18)19-16(21)14-9-11-15(12-10-14)24(22,23)20(7-3)8-4/h9-12H,5-8,13,18H2,1-4H3,(H,19,21). The molecule has 1 aromatic rings. The number of sulfonamides is 1. The first-order valence-electron chi connectivity index (χ1n) is 8.43. The van der Waals surface area contributed by atoms with Crippen LogP contribution >= 0.6 is 0 Å². The topological polar surface area (TPSA) is 92.5 Å². The van der Waals surface area contributed by atoms with Crippen LogP contribution in [0.2, 0.25) is 0 Å². The molecule has 24 heavy (non-hydrogen) atoms. The van der Waals surface area contributed by atoms with Gasteiger partial charge in [-0.15, -0.1) is 0 Å². The number of benzene rings is 1. The second-order valence-corrected chi connectivity index (χ2v) is 7.70. The van der Waals surface area contributed by atoms with E-state index in [1.807, 2.05) is 13.8 Å². The van der Waals surface area contributed by atoms with Crippen LogP contribution in [0, 0.1) is 0 Å². The normalized spacial score (nSPS) is 12.4. The van der Waals surface area contributed by atoms with Crippen LogP contribution in [0.25, 0.3) is 0 Å². The molecule has 0 saturated carbocycles. The summed E-state index contributed by atoms with van der Waals surface area (Å²) in [6.45, 7) is 8.74. The SMILES string of the molecule is CCN(CC)S(=O)(=O)c1ccc(C(=O)NC(CC)(CC)CN)cc1. The Balaban J connectivity index is 3.01. The lowest BCUT2D eigenvalue weighted by Crippen LogP contribution is -2.52. The van der Waals surface area contributed by atoms with Gasteiger partial charge in [0.1, 0.15) is 0 Å². The summed E-state index contributed by atoms with van der Waals surface area (Å²) >= 11 is 0. The van der Waals surface area contributed by atoms with Gasteiger partial charge in [0.25, 0.3) is 5.91 Å². The van der Waals surface area contributed by atoms with Crippen LogP contribution in [0.1, 0.15) is 50.9 Å². The molecule has 136 valence electrons. The Labute approximate surface area is 145 Å². The molecule has 0 fully saturated rings. The van der Waals surface area contributed by atoms with E-state index in [4.69, 9.17) is 5.73 Å². The number of nitrogens with two attached hydrogens (primary N) is 1. The molecule has 0 heterocycles. The van der Waals surface area contributed by atoms with Gasteiger partial charge < -0.3 is 11.1 Å². The summed E-state index contributed by atoms with van der Waals surface area (Å²) in [5, 5.41) is 2.98. The molecule has 0 spiro atoms. The molecule has 1 rings (SSSR count). The van der Waals surface area contributed by atoms with E-state index < -0.39 is 15.6 Å². The molecule has 0 radical (unpaired) electrons. The van der Waals surface area contributed by atoms with E-state index in [2.05, 4.69) is 5.32 Å². The summed E-state index contributed by atoms with van der Waals surface area (Å²) in [6, 6.07) is 6.03. The molecule has 1 amide bonds. The highest BCUT2D eigenvalue weighted by Gasteiger charge is 2.27. The molecule has 0 aliphatic carbocycles. The molecular formula is C17H29N3O3S. The van der Waals surface area contributed by atoms with Crippen molar-refractivity contribution in [3.8, 4) is 0 Å². The average molecular weight is 356 g/mol. The van der Waals surface area contributed by atoms with Crippen molar-refractivity contribution in [2.45, 2.75) is 51.0 Å². The van der Waals surface area contributed by atoms with Crippen molar-refractivity contribution in [3.05, 3.63) is 29.8 Å². The van der Waals surface area contributed by atoms with Gasteiger partial charge >= 0.3 is 0 Å². The highest BCUT2D eigenvalue weighted by molar-refractivity contribution is 7.89. The molecule has 1 aromatic carbocycles. The van der Waals surface area contributed by atoms with Crippen LogP contribution in [0.15, 0.2) is 29.2 Å². The van der Waals surface area contributed by atoms with Gasteiger partial charge in [-0.05, 0) is 37.1 Å². The van der Waals surface area contributed by atoms with Crippen molar-refractivity contribution in [2.24, 2.45) is 5.73 Å². The minimum absolute atomic E-state index is 0.193. The second kappa shape index (κ2) is 8.60. The number of rotatable bonds is 9. The van der Waals surface area contributed by atoms with E-state index >= 15 is 0 Å². The quantitative estimate of drug-likeness (QED) is 0.708. The van der Waals surface area contributed by atoms with E-state index in [-0.39, 0.29) is 10.8 Å². The Bertz CT molecular complexity index is 625. The number of hydrogen-bond acceptors (Lipinski definition) is 4. The zero-order valence-corrected chi connectivity index (χ0v) is 15.8. The Kier molecular flexibility index (Phi) is 7.38. The number of amides is 1. The number of hydrogen-bond donors (Lipinski definition) is 2. The zero-order chi connectivity index (χ0) is 18.4. The van der Waals surface area contributed by atoms with Gasteiger partial charge in [0.2, 0.25) is 10.0 Å². The maximum Gasteiger partial charge on any atom is 0.251 e. The fraction of sp³-hybridized carbons (Fsp3) is 0.588. The average Bonchev–Trinajstić information content (AvgIpc) is 2.60.